The van der Waals surface area contributed by atoms with Gasteiger partial charge in [-0.2, -0.15) is 0 Å². The van der Waals surface area contributed by atoms with Crippen molar-refractivity contribution in [2.45, 2.75) is 26.4 Å². The molecule has 1 rings (SSSR count). The van der Waals surface area contributed by atoms with Gasteiger partial charge >= 0.3 is 12.0 Å². The lowest BCUT2D eigenvalue weighted by atomic mass is 10.1. The molecule has 0 saturated carbocycles. The van der Waals surface area contributed by atoms with Gasteiger partial charge in [-0.15, -0.1) is 0 Å². The fourth-order valence-corrected chi connectivity index (χ4v) is 1.72. The van der Waals surface area contributed by atoms with Gasteiger partial charge in [-0.3, -0.25) is 10.1 Å². The molecular formula is C13H17N3O5. The van der Waals surface area contributed by atoms with Crippen LogP contribution in [0.3, 0.4) is 0 Å². The van der Waals surface area contributed by atoms with Crippen molar-refractivity contribution in [3.05, 3.63) is 39.9 Å². The molecule has 0 aliphatic carbocycles. The molecule has 0 aliphatic rings. The molecule has 21 heavy (non-hydrogen) atoms. The molecule has 2 amide bonds. The molecule has 0 spiro atoms. The standard InChI is InChI=1S/C13H17N3O5/c1-8(2)11(12(17)18)15-13(19)14-7-9-5-3-4-6-10(9)16(20)21/h3-6,8,11H,7H2,1-2H3,(H,17,18)(H2,14,15,19)/t11-/m0/s1. The van der Waals surface area contributed by atoms with Crippen LogP contribution >= 0.6 is 0 Å². The molecule has 0 heterocycles. The van der Waals surface area contributed by atoms with Crippen LogP contribution < -0.4 is 10.6 Å². The quantitative estimate of drug-likeness (QED) is 0.542. The molecule has 0 saturated heterocycles. The molecule has 0 unspecified atom stereocenters. The van der Waals surface area contributed by atoms with Crippen LogP contribution in [0.25, 0.3) is 0 Å². The number of hydrogen-bond donors (Lipinski definition) is 3. The highest BCUT2D eigenvalue weighted by Gasteiger charge is 2.23. The largest absolute Gasteiger partial charge is 0.480 e. The minimum atomic E-state index is -1.13. The van der Waals surface area contributed by atoms with E-state index in [1.165, 1.54) is 18.2 Å². The van der Waals surface area contributed by atoms with Crippen LogP contribution in [-0.2, 0) is 11.3 Å². The minimum absolute atomic E-state index is 0.0621. The highest BCUT2D eigenvalue weighted by molar-refractivity contribution is 5.82. The monoisotopic (exact) mass is 295 g/mol. The average Bonchev–Trinajstić information content (AvgIpc) is 2.42. The summed E-state index contributed by atoms with van der Waals surface area (Å²) in [7, 11) is 0. The summed E-state index contributed by atoms with van der Waals surface area (Å²) in [6.07, 6.45) is 0. The highest BCUT2D eigenvalue weighted by Crippen LogP contribution is 2.17. The molecule has 0 fully saturated rings. The molecule has 0 radical (unpaired) electrons. The van der Waals surface area contributed by atoms with Crippen molar-refractivity contribution in [3.8, 4) is 0 Å². The number of nitrogens with zero attached hydrogens (tertiary/aromatic N) is 1. The predicted molar refractivity (Wildman–Crippen MR) is 74.7 cm³/mol. The molecule has 3 N–H and O–H groups in total. The van der Waals surface area contributed by atoms with E-state index in [2.05, 4.69) is 10.6 Å². The number of nitrogens with one attached hydrogen (secondary N) is 2. The molecule has 8 nitrogen and oxygen atoms in total. The van der Waals surface area contributed by atoms with Crippen LogP contribution in [0.5, 0.6) is 0 Å². The van der Waals surface area contributed by atoms with Crippen LogP contribution in [0.2, 0.25) is 0 Å². The van der Waals surface area contributed by atoms with Crippen LogP contribution in [0, 0.1) is 16.0 Å². The third-order valence-corrected chi connectivity index (χ3v) is 2.85. The van der Waals surface area contributed by atoms with E-state index < -0.39 is 23.0 Å². The van der Waals surface area contributed by atoms with Crippen LogP contribution in [0.4, 0.5) is 10.5 Å². The van der Waals surface area contributed by atoms with Crippen molar-refractivity contribution in [1.29, 1.82) is 0 Å². The van der Waals surface area contributed by atoms with E-state index in [9.17, 15) is 19.7 Å². The van der Waals surface area contributed by atoms with Crippen LogP contribution in [-0.4, -0.2) is 28.1 Å². The van der Waals surface area contributed by atoms with Crippen LogP contribution in [0.1, 0.15) is 19.4 Å². The maximum atomic E-state index is 11.7. The number of urea groups is 1. The zero-order chi connectivity index (χ0) is 16.0. The fourth-order valence-electron chi connectivity index (χ4n) is 1.72. The summed E-state index contributed by atoms with van der Waals surface area (Å²) in [5, 5.41) is 24.5. The van der Waals surface area contributed by atoms with E-state index in [-0.39, 0.29) is 18.2 Å². The van der Waals surface area contributed by atoms with Crippen molar-refractivity contribution in [3.63, 3.8) is 0 Å². The Kier molecular flexibility index (Phi) is 5.65. The maximum Gasteiger partial charge on any atom is 0.326 e. The number of para-hydroxylation sites is 1. The van der Waals surface area contributed by atoms with Crippen molar-refractivity contribution >= 4 is 17.7 Å². The van der Waals surface area contributed by atoms with Crippen LogP contribution in [0.15, 0.2) is 24.3 Å². The highest BCUT2D eigenvalue weighted by atomic mass is 16.6. The van der Waals surface area contributed by atoms with Gasteiger partial charge in [0.15, 0.2) is 0 Å². The Balaban J connectivity index is 2.65. The number of rotatable bonds is 6. The Labute approximate surface area is 121 Å². The van der Waals surface area contributed by atoms with E-state index in [0.717, 1.165) is 0 Å². The third-order valence-electron chi connectivity index (χ3n) is 2.85. The summed E-state index contributed by atoms with van der Waals surface area (Å²) in [6, 6.07) is 4.31. The number of hydrogen-bond acceptors (Lipinski definition) is 4. The van der Waals surface area contributed by atoms with Gasteiger partial charge in [-0.05, 0) is 5.92 Å². The molecule has 1 aromatic rings. The minimum Gasteiger partial charge on any atom is -0.480 e. The number of nitro groups is 1. The summed E-state index contributed by atoms with van der Waals surface area (Å²) in [5.74, 6) is -1.41. The van der Waals surface area contributed by atoms with Gasteiger partial charge in [0.1, 0.15) is 6.04 Å². The first-order chi connectivity index (χ1) is 9.82. The lowest BCUT2D eigenvalue weighted by molar-refractivity contribution is -0.385. The van der Waals surface area contributed by atoms with E-state index in [0.29, 0.717) is 5.56 Å². The first kappa shape index (κ1) is 16.4. The summed E-state index contributed by atoms with van der Waals surface area (Å²) >= 11 is 0. The zero-order valence-corrected chi connectivity index (χ0v) is 11.7. The van der Waals surface area contributed by atoms with Crippen molar-refractivity contribution in [1.82, 2.24) is 10.6 Å². The molecular weight excluding hydrogens is 278 g/mol. The molecule has 0 bridgehead atoms. The summed E-state index contributed by atoms with van der Waals surface area (Å²) in [5.41, 5.74) is 0.241. The van der Waals surface area contributed by atoms with Gasteiger partial charge in [-0.1, -0.05) is 32.0 Å². The second kappa shape index (κ2) is 7.22. The van der Waals surface area contributed by atoms with E-state index in [1.54, 1.807) is 19.9 Å². The molecule has 8 heteroatoms. The third kappa shape index (κ3) is 4.75. The summed E-state index contributed by atoms with van der Waals surface area (Å²) in [4.78, 5) is 32.9. The smallest absolute Gasteiger partial charge is 0.326 e. The summed E-state index contributed by atoms with van der Waals surface area (Å²) < 4.78 is 0. The van der Waals surface area contributed by atoms with Crippen molar-refractivity contribution < 1.29 is 19.6 Å². The van der Waals surface area contributed by atoms with Crippen molar-refractivity contribution in [2.75, 3.05) is 0 Å². The second-order valence-corrected chi connectivity index (χ2v) is 4.77. The lowest BCUT2D eigenvalue weighted by Crippen LogP contribution is -2.48. The van der Waals surface area contributed by atoms with Gasteiger partial charge < -0.3 is 15.7 Å². The number of nitro benzene ring substituents is 1. The molecule has 0 aliphatic heterocycles. The maximum absolute atomic E-state index is 11.7. The number of benzene rings is 1. The van der Waals surface area contributed by atoms with Gasteiger partial charge in [0.05, 0.1) is 11.5 Å². The molecule has 0 aromatic heterocycles. The zero-order valence-electron chi connectivity index (χ0n) is 11.7. The Morgan fingerprint density at radius 2 is 1.95 bits per heavy atom. The SMILES string of the molecule is CC(C)[C@H](NC(=O)NCc1ccccc1[N+](=O)[O-])C(=O)O. The number of carbonyl (C=O) groups excluding carboxylic acids is 1. The Bertz CT molecular complexity index is 544. The predicted octanol–water partition coefficient (Wildman–Crippen LogP) is 1.50. The normalized spacial score (nSPS) is 11.8. The number of amides is 2. The van der Waals surface area contributed by atoms with Gasteiger partial charge in [0.2, 0.25) is 0 Å². The average molecular weight is 295 g/mol. The van der Waals surface area contributed by atoms with E-state index in [4.69, 9.17) is 5.11 Å². The van der Waals surface area contributed by atoms with E-state index >= 15 is 0 Å². The van der Waals surface area contributed by atoms with Gasteiger partial charge in [0, 0.05) is 11.6 Å². The number of carboxylic acids is 1. The molecule has 1 atom stereocenters. The molecule has 114 valence electrons. The fraction of sp³-hybridized carbons (Fsp3) is 0.385. The second-order valence-electron chi connectivity index (χ2n) is 4.77. The number of carboxylic acid groups (broad SMARTS) is 1. The first-order valence-electron chi connectivity index (χ1n) is 6.32. The first-order valence-corrected chi connectivity index (χ1v) is 6.32. The Morgan fingerprint density at radius 1 is 1.33 bits per heavy atom. The topological polar surface area (TPSA) is 122 Å². The number of aliphatic carboxylic acids is 1. The van der Waals surface area contributed by atoms with Crippen molar-refractivity contribution in [2.24, 2.45) is 5.92 Å². The van der Waals surface area contributed by atoms with Gasteiger partial charge in [-0.25, -0.2) is 9.59 Å². The lowest BCUT2D eigenvalue weighted by Gasteiger charge is -2.18. The molecule has 1 aromatic carbocycles. The number of carbonyl (C=O) groups is 2. The van der Waals surface area contributed by atoms with Gasteiger partial charge in [0.25, 0.3) is 5.69 Å². The van der Waals surface area contributed by atoms with E-state index in [1.807, 2.05) is 0 Å². The Morgan fingerprint density at radius 3 is 2.48 bits per heavy atom. The summed E-state index contributed by atoms with van der Waals surface area (Å²) in [6.45, 7) is 3.27. The Hall–Kier alpha value is -2.64.